The maximum Gasteiger partial charge on any atom is 0.247 e. The van der Waals surface area contributed by atoms with Crippen molar-refractivity contribution in [1.29, 1.82) is 0 Å². The number of thioether (sulfide) groups is 1. The van der Waals surface area contributed by atoms with Crippen molar-refractivity contribution in [3.05, 3.63) is 54.3 Å². The summed E-state index contributed by atoms with van der Waals surface area (Å²) >= 11 is 1.10. The van der Waals surface area contributed by atoms with Gasteiger partial charge in [0, 0.05) is 12.1 Å². The van der Waals surface area contributed by atoms with Crippen LogP contribution in [0.3, 0.4) is 0 Å². The SMILES string of the molecule is CCCOc1ccc(N2C(=O)CC(SCC(=O)Nc3cccc(F)c3)C2=O)cc1. The first-order chi connectivity index (χ1) is 14.0. The molecule has 152 valence electrons. The van der Waals surface area contributed by atoms with Gasteiger partial charge >= 0.3 is 0 Å². The molecule has 2 aromatic rings. The van der Waals surface area contributed by atoms with Gasteiger partial charge in [0.1, 0.15) is 11.6 Å². The van der Waals surface area contributed by atoms with Crippen molar-refractivity contribution >= 4 is 40.9 Å². The summed E-state index contributed by atoms with van der Waals surface area (Å²) in [5.41, 5.74) is 0.826. The van der Waals surface area contributed by atoms with E-state index in [1.165, 1.54) is 18.2 Å². The number of ether oxygens (including phenoxy) is 1. The molecule has 1 unspecified atom stereocenters. The molecule has 1 aliphatic rings. The smallest absolute Gasteiger partial charge is 0.247 e. The van der Waals surface area contributed by atoms with E-state index in [1.807, 2.05) is 6.92 Å². The molecule has 29 heavy (non-hydrogen) atoms. The zero-order valence-corrected chi connectivity index (χ0v) is 16.7. The molecule has 2 aromatic carbocycles. The number of nitrogens with zero attached hydrogens (tertiary/aromatic N) is 1. The molecule has 1 saturated heterocycles. The van der Waals surface area contributed by atoms with Crippen molar-refractivity contribution in [2.45, 2.75) is 25.0 Å². The fourth-order valence-corrected chi connectivity index (χ4v) is 3.79. The molecule has 1 N–H and O–H groups in total. The third-order valence-electron chi connectivity index (χ3n) is 4.20. The summed E-state index contributed by atoms with van der Waals surface area (Å²) in [6.45, 7) is 2.60. The quantitative estimate of drug-likeness (QED) is 0.666. The number of hydrogen-bond donors (Lipinski definition) is 1. The highest BCUT2D eigenvalue weighted by atomic mass is 32.2. The van der Waals surface area contributed by atoms with E-state index >= 15 is 0 Å². The summed E-state index contributed by atoms with van der Waals surface area (Å²) in [5, 5.41) is 1.95. The van der Waals surface area contributed by atoms with Crippen LogP contribution in [0.2, 0.25) is 0 Å². The Morgan fingerprint density at radius 3 is 2.69 bits per heavy atom. The van der Waals surface area contributed by atoms with Crippen LogP contribution < -0.4 is 15.0 Å². The second-order valence-corrected chi connectivity index (χ2v) is 7.66. The second-order valence-electron chi connectivity index (χ2n) is 6.47. The van der Waals surface area contributed by atoms with Crippen molar-refractivity contribution in [3.63, 3.8) is 0 Å². The first-order valence-corrected chi connectivity index (χ1v) is 10.3. The number of halogens is 1. The van der Waals surface area contributed by atoms with Crippen LogP contribution in [-0.2, 0) is 14.4 Å². The van der Waals surface area contributed by atoms with Gasteiger partial charge in [0.15, 0.2) is 0 Å². The van der Waals surface area contributed by atoms with E-state index in [-0.39, 0.29) is 29.9 Å². The van der Waals surface area contributed by atoms with E-state index in [0.29, 0.717) is 23.7 Å². The van der Waals surface area contributed by atoms with Gasteiger partial charge in [-0.05, 0) is 48.9 Å². The summed E-state index contributed by atoms with van der Waals surface area (Å²) in [7, 11) is 0. The minimum absolute atomic E-state index is 0.0160. The summed E-state index contributed by atoms with van der Waals surface area (Å²) in [6, 6.07) is 12.3. The number of nitrogens with one attached hydrogen (secondary N) is 1. The molecule has 0 radical (unpaired) electrons. The van der Waals surface area contributed by atoms with Gasteiger partial charge in [-0.15, -0.1) is 11.8 Å². The van der Waals surface area contributed by atoms with E-state index in [0.717, 1.165) is 23.1 Å². The standard InChI is InChI=1S/C21H21FN2O4S/c1-2-10-28-17-8-6-16(7-9-17)24-20(26)12-18(21(24)27)29-13-19(25)23-15-5-3-4-14(22)11-15/h3-9,11,18H,2,10,12-13H2,1H3,(H,23,25). The van der Waals surface area contributed by atoms with Crippen LogP contribution in [0.4, 0.5) is 15.8 Å². The number of carbonyl (C=O) groups is 3. The van der Waals surface area contributed by atoms with Crippen molar-refractivity contribution in [1.82, 2.24) is 0 Å². The normalized spacial score (nSPS) is 16.2. The van der Waals surface area contributed by atoms with Gasteiger partial charge in [0.25, 0.3) is 0 Å². The van der Waals surface area contributed by atoms with E-state index in [2.05, 4.69) is 5.32 Å². The lowest BCUT2D eigenvalue weighted by Crippen LogP contribution is -2.31. The molecule has 0 aliphatic carbocycles. The molecule has 0 bridgehead atoms. The Morgan fingerprint density at radius 2 is 2.00 bits per heavy atom. The topological polar surface area (TPSA) is 75.7 Å². The fraction of sp³-hybridized carbons (Fsp3) is 0.286. The first-order valence-electron chi connectivity index (χ1n) is 9.24. The van der Waals surface area contributed by atoms with E-state index in [4.69, 9.17) is 4.74 Å². The van der Waals surface area contributed by atoms with Crippen LogP contribution in [0, 0.1) is 5.82 Å². The number of rotatable bonds is 8. The van der Waals surface area contributed by atoms with E-state index in [9.17, 15) is 18.8 Å². The van der Waals surface area contributed by atoms with Crippen molar-refractivity contribution in [2.75, 3.05) is 22.6 Å². The number of anilines is 2. The van der Waals surface area contributed by atoms with Crippen LogP contribution in [0.15, 0.2) is 48.5 Å². The Balaban J connectivity index is 1.56. The summed E-state index contributed by atoms with van der Waals surface area (Å²) in [5.74, 6) is -0.807. The fourth-order valence-electron chi connectivity index (χ4n) is 2.86. The number of imide groups is 1. The molecule has 0 spiro atoms. The Labute approximate surface area is 172 Å². The monoisotopic (exact) mass is 416 g/mol. The van der Waals surface area contributed by atoms with Crippen LogP contribution in [0.5, 0.6) is 5.75 Å². The zero-order valence-electron chi connectivity index (χ0n) is 15.9. The lowest BCUT2D eigenvalue weighted by molar-refractivity contribution is -0.121. The molecule has 1 fully saturated rings. The minimum Gasteiger partial charge on any atom is -0.494 e. The average molecular weight is 416 g/mol. The third-order valence-corrected chi connectivity index (χ3v) is 5.40. The predicted octanol–water partition coefficient (Wildman–Crippen LogP) is 3.62. The molecule has 1 aliphatic heterocycles. The lowest BCUT2D eigenvalue weighted by atomic mass is 10.3. The van der Waals surface area contributed by atoms with Gasteiger partial charge < -0.3 is 10.1 Å². The van der Waals surface area contributed by atoms with Crippen molar-refractivity contribution in [2.24, 2.45) is 0 Å². The van der Waals surface area contributed by atoms with Crippen molar-refractivity contribution < 1.29 is 23.5 Å². The highest BCUT2D eigenvalue weighted by Crippen LogP contribution is 2.30. The van der Waals surface area contributed by atoms with E-state index < -0.39 is 11.1 Å². The number of amides is 3. The summed E-state index contributed by atoms with van der Waals surface area (Å²) < 4.78 is 18.7. The third kappa shape index (κ3) is 5.35. The first kappa shape index (κ1) is 20.9. The Bertz CT molecular complexity index is 904. The molecule has 3 amide bonds. The number of hydrogen-bond acceptors (Lipinski definition) is 5. The predicted molar refractivity (Wildman–Crippen MR) is 111 cm³/mol. The summed E-state index contributed by atoms with van der Waals surface area (Å²) in [6.07, 6.45) is 0.918. The Morgan fingerprint density at radius 1 is 1.24 bits per heavy atom. The van der Waals surface area contributed by atoms with Gasteiger partial charge in [0.2, 0.25) is 17.7 Å². The maximum atomic E-state index is 13.2. The van der Waals surface area contributed by atoms with Crippen LogP contribution in [0.25, 0.3) is 0 Å². The Hall–Kier alpha value is -2.87. The molecule has 1 heterocycles. The average Bonchev–Trinajstić information content (AvgIpc) is 2.98. The van der Waals surface area contributed by atoms with Crippen LogP contribution in [-0.4, -0.2) is 35.3 Å². The van der Waals surface area contributed by atoms with E-state index in [1.54, 1.807) is 30.3 Å². The van der Waals surface area contributed by atoms with Gasteiger partial charge in [0.05, 0.1) is 23.3 Å². The second kappa shape index (κ2) is 9.56. The summed E-state index contributed by atoms with van der Waals surface area (Å²) in [4.78, 5) is 38.2. The maximum absolute atomic E-state index is 13.2. The number of carbonyl (C=O) groups excluding carboxylic acids is 3. The Kier molecular flexibility index (Phi) is 6.87. The van der Waals surface area contributed by atoms with Gasteiger partial charge in [-0.1, -0.05) is 13.0 Å². The largest absolute Gasteiger partial charge is 0.494 e. The molecule has 6 nitrogen and oxygen atoms in total. The van der Waals surface area contributed by atoms with Gasteiger partial charge in [-0.3, -0.25) is 14.4 Å². The van der Waals surface area contributed by atoms with Gasteiger partial charge in [-0.2, -0.15) is 0 Å². The lowest BCUT2D eigenvalue weighted by Gasteiger charge is -2.15. The molecular weight excluding hydrogens is 395 g/mol. The number of benzene rings is 2. The highest BCUT2D eigenvalue weighted by Gasteiger charge is 2.40. The molecule has 8 heteroatoms. The van der Waals surface area contributed by atoms with Gasteiger partial charge in [-0.25, -0.2) is 9.29 Å². The molecular formula is C21H21FN2O4S. The van der Waals surface area contributed by atoms with Crippen molar-refractivity contribution in [3.8, 4) is 5.75 Å². The molecule has 0 aromatic heterocycles. The molecule has 3 rings (SSSR count). The highest BCUT2D eigenvalue weighted by molar-refractivity contribution is 8.01. The minimum atomic E-state index is -0.628. The molecule has 0 saturated carbocycles. The zero-order chi connectivity index (χ0) is 20.8. The molecule has 1 atom stereocenters. The van der Waals surface area contributed by atoms with Crippen LogP contribution >= 0.6 is 11.8 Å². The van der Waals surface area contributed by atoms with Crippen LogP contribution in [0.1, 0.15) is 19.8 Å².